The molecule has 1 aliphatic heterocycles. The molecule has 0 aromatic rings. The van der Waals surface area contributed by atoms with Gasteiger partial charge in [0.2, 0.25) is 5.91 Å². The van der Waals surface area contributed by atoms with Crippen molar-refractivity contribution in [2.24, 2.45) is 11.7 Å². The highest BCUT2D eigenvalue weighted by Crippen LogP contribution is 2.17. The fourth-order valence-corrected chi connectivity index (χ4v) is 1.92. The average Bonchev–Trinajstić information content (AvgIpc) is 2.44. The molecule has 0 saturated carbocycles. The predicted molar refractivity (Wildman–Crippen MR) is 61.5 cm³/mol. The molecule has 0 radical (unpaired) electrons. The molecule has 0 bridgehead atoms. The summed E-state index contributed by atoms with van der Waals surface area (Å²) in [5.74, 6) is 0.589. The molecule has 4 nitrogen and oxygen atoms in total. The summed E-state index contributed by atoms with van der Waals surface area (Å²) >= 11 is 0. The molecule has 1 aliphatic rings. The number of nitrogens with zero attached hydrogens (tertiary/aromatic N) is 1. The normalized spacial score (nSPS) is 29.5. The monoisotopic (exact) mass is 213 g/mol. The van der Waals surface area contributed by atoms with Gasteiger partial charge in [0.05, 0.1) is 6.04 Å². The lowest BCUT2D eigenvalue weighted by Crippen LogP contribution is -2.46. The highest BCUT2D eigenvalue weighted by atomic mass is 16.2. The van der Waals surface area contributed by atoms with Crippen molar-refractivity contribution in [2.75, 3.05) is 13.1 Å². The van der Waals surface area contributed by atoms with Crippen LogP contribution >= 0.6 is 0 Å². The Balaban J connectivity index is 2.47. The van der Waals surface area contributed by atoms with Gasteiger partial charge in [0.25, 0.3) is 0 Å². The summed E-state index contributed by atoms with van der Waals surface area (Å²) in [7, 11) is 0. The van der Waals surface area contributed by atoms with Gasteiger partial charge in [-0.05, 0) is 26.7 Å². The smallest absolute Gasteiger partial charge is 0.237 e. The summed E-state index contributed by atoms with van der Waals surface area (Å²) in [6.07, 6.45) is 0. The van der Waals surface area contributed by atoms with E-state index in [4.69, 9.17) is 5.73 Å². The lowest BCUT2D eigenvalue weighted by atomic mass is 10.1. The van der Waals surface area contributed by atoms with Crippen LogP contribution in [0.15, 0.2) is 0 Å². The van der Waals surface area contributed by atoms with Gasteiger partial charge >= 0.3 is 0 Å². The van der Waals surface area contributed by atoms with Gasteiger partial charge in [-0.2, -0.15) is 0 Å². The standard InChI is InChI=1S/C11H23N3O/c1-7(2)13-11(15)9(4)14-5-8(3)10(12)6-14/h7-10H,5-6,12H2,1-4H3,(H,13,15). The van der Waals surface area contributed by atoms with Crippen LogP contribution < -0.4 is 11.1 Å². The van der Waals surface area contributed by atoms with E-state index in [1.54, 1.807) is 0 Å². The number of nitrogens with two attached hydrogens (primary N) is 1. The number of nitrogens with one attached hydrogen (secondary N) is 1. The summed E-state index contributed by atoms with van der Waals surface area (Å²) in [5.41, 5.74) is 5.93. The van der Waals surface area contributed by atoms with Crippen molar-refractivity contribution >= 4 is 5.91 Å². The van der Waals surface area contributed by atoms with Crippen molar-refractivity contribution in [3.63, 3.8) is 0 Å². The summed E-state index contributed by atoms with van der Waals surface area (Å²) in [6, 6.07) is 0.344. The highest BCUT2D eigenvalue weighted by molar-refractivity contribution is 5.81. The van der Waals surface area contributed by atoms with E-state index < -0.39 is 0 Å². The molecule has 1 saturated heterocycles. The van der Waals surface area contributed by atoms with Crippen LogP contribution in [0.4, 0.5) is 0 Å². The Labute approximate surface area is 92.2 Å². The first-order chi connectivity index (χ1) is 6.91. The van der Waals surface area contributed by atoms with E-state index in [1.807, 2.05) is 20.8 Å². The molecule has 3 atom stereocenters. The first kappa shape index (κ1) is 12.5. The van der Waals surface area contributed by atoms with Gasteiger partial charge in [-0.3, -0.25) is 9.69 Å². The van der Waals surface area contributed by atoms with Gasteiger partial charge in [0.1, 0.15) is 0 Å². The maximum absolute atomic E-state index is 11.8. The quantitative estimate of drug-likeness (QED) is 0.703. The molecule has 15 heavy (non-hydrogen) atoms. The number of amides is 1. The molecule has 4 heteroatoms. The maximum Gasteiger partial charge on any atom is 0.237 e. The Bertz CT molecular complexity index is 220. The minimum absolute atomic E-state index is 0.0663. The van der Waals surface area contributed by atoms with E-state index in [0.29, 0.717) is 5.92 Å². The topological polar surface area (TPSA) is 58.4 Å². The maximum atomic E-state index is 11.8. The van der Waals surface area contributed by atoms with Gasteiger partial charge in [-0.15, -0.1) is 0 Å². The van der Waals surface area contributed by atoms with E-state index in [1.165, 1.54) is 0 Å². The summed E-state index contributed by atoms with van der Waals surface area (Å²) < 4.78 is 0. The van der Waals surface area contributed by atoms with Gasteiger partial charge in [-0.1, -0.05) is 6.92 Å². The van der Waals surface area contributed by atoms with Crippen molar-refractivity contribution in [3.8, 4) is 0 Å². The van der Waals surface area contributed by atoms with E-state index in [0.717, 1.165) is 13.1 Å². The largest absolute Gasteiger partial charge is 0.353 e. The number of hydrogen-bond acceptors (Lipinski definition) is 3. The second-order valence-corrected chi connectivity index (χ2v) is 4.93. The Kier molecular flexibility index (Phi) is 4.11. The van der Waals surface area contributed by atoms with E-state index in [9.17, 15) is 4.79 Å². The first-order valence-corrected chi connectivity index (χ1v) is 5.71. The van der Waals surface area contributed by atoms with Crippen molar-refractivity contribution in [2.45, 2.75) is 45.8 Å². The molecule has 0 aromatic heterocycles. The fraction of sp³-hybridized carbons (Fsp3) is 0.909. The summed E-state index contributed by atoms with van der Waals surface area (Å²) in [6.45, 7) is 9.79. The van der Waals surface area contributed by atoms with E-state index in [-0.39, 0.29) is 24.0 Å². The summed E-state index contributed by atoms with van der Waals surface area (Å²) in [5, 5.41) is 2.93. The van der Waals surface area contributed by atoms with Crippen LogP contribution in [-0.4, -0.2) is 42.0 Å². The number of rotatable bonds is 3. The number of hydrogen-bond donors (Lipinski definition) is 2. The highest BCUT2D eigenvalue weighted by Gasteiger charge is 2.32. The molecule has 0 aromatic carbocycles. The number of carbonyl (C=O) groups excluding carboxylic acids is 1. The minimum Gasteiger partial charge on any atom is -0.353 e. The predicted octanol–water partition coefficient (Wildman–Crippen LogP) is 0.179. The summed E-state index contributed by atoms with van der Waals surface area (Å²) in [4.78, 5) is 13.9. The van der Waals surface area contributed by atoms with Crippen LogP contribution in [0.1, 0.15) is 27.7 Å². The average molecular weight is 213 g/mol. The van der Waals surface area contributed by atoms with Crippen LogP contribution in [-0.2, 0) is 4.79 Å². The van der Waals surface area contributed by atoms with Crippen LogP contribution in [0.3, 0.4) is 0 Å². The Hall–Kier alpha value is -0.610. The zero-order valence-electron chi connectivity index (χ0n) is 10.2. The van der Waals surface area contributed by atoms with Gasteiger partial charge in [0, 0.05) is 25.2 Å². The van der Waals surface area contributed by atoms with Gasteiger partial charge in [0.15, 0.2) is 0 Å². The molecule has 0 aliphatic carbocycles. The van der Waals surface area contributed by atoms with E-state index in [2.05, 4.69) is 17.1 Å². The third-order valence-electron chi connectivity index (χ3n) is 3.06. The van der Waals surface area contributed by atoms with Crippen molar-refractivity contribution in [1.82, 2.24) is 10.2 Å². The first-order valence-electron chi connectivity index (χ1n) is 5.71. The van der Waals surface area contributed by atoms with Crippen LogP contribution in [0.25, 0.3) is 0 Å². The van der Waals surface area contributed by atoms with Gasteiger partial charge in [-0.25, -0.2) is 0 Å². The van der Waals surface area contributed by atoms with Crippen LogP contribution in [0.5, 0.6) is 0 Å². The Morgan fingerprint density at radius 3 is 2.40 bits per heavy atom. The molecule has 1 rings (SSSR count). The molecular formula is C11H23N3O. The Morgan fingerprint density at radius 2 is 2.00 bits per heavy atom. The molecular weight excluding hydrogens is 190 g/mol. The lowest BCUT2D eigenvalue weighted by molar-refractivity contribution is -0.126. The zero-order valence-corrected chi connectivity index (χ0v) is 10.2. The number of likely N-dealkylation sites (tertiary alicyclic amines) is 1. The second-order valence-electron chi connectivity index (χ2n) is 4.93. The zero-order chi connectivity index (χ0) is 11.6. The van der Waals surface area contributed by atoms with E-state index >= 15 is 0 Å². The molecule has 0 spiro atoms. The lowest BCUT2D eigenvalue weighted by Gasteiger charge is -2.24. The Morgan fingerprint density at radius 1 is 1.40 bits per heavy atom. The molecule has 1 fully saturated rings. The molecule has 1 heterocycles. The SMILES string of the molecule is CC(C)NC(=O)C(C)N1CC(C)C(N)C1. The van der Waals surface area contributed by atoms with Crippen LogP contribution in [0, 0.1) is 5.92 Å². The molecule has 3 unspecified atom stereocenters. The fourth-order valence-electron chi connectivity index (χ4n) is 1.92. The van der Waals surface area contributed by atoms with Crippen molar-refractivity contribution in [3.05, 3.63) is 0 Å². The molecule has 1 amide bonds. The van der Waals surface area contributed by atoms with Crippen LogP contribution in [0.2, 0.25) is 0 Å². The third-order valence-corrected chi connectivity index (χ3v) is 3.06. The van der Waals surface area contributed by atoms with Crippen molar-refractivity contribution in [1.29, 1.82) is 0 Å². The van der Waals surface area contributed by atoms with Gasteiger partial charge < -0.3 is 11.1 Å². The van der Waals surface area contributed by atoms with Crippen molar-refractivity contribution < 1.29 is 4.79 Å². The third kappa shape index (κ3) is 3.18. The molecule has 88 valence electrons. The number of carbonyl (C=O) groups is 1. The second kappa shape index (κ2) is 4.94. The molecule has 3 N–H and O–H groups in total. The minimum atomic E-state index is -0.0663.